The first kappa shape index (κ1) is 17.0. The van der Waals surface area contributed by atoms with Gasteiger partial charge in [-0.05, 0) is 19.9 Å². The molecular formula is C15H20N4O3S. The number of thiazole rings is 1. The van der Waals surface area contributed by atoms with Crippen LogP contribution in [0.5, 0.6) is 0 Å². The SMILES string of the molecule is CN=C(NCc1cc(C(=O)OC)c(C)o1)NCc1ncc(C)s1. The number of esters is 1. The van der Waals surface area contributed by atoms with Gasteiger partial charge in [0.2, 0.25) is 0 Å². The summed E-state index contributed by atoms with van der Waals surface area (Å²) in [6.45, 7) is 4.76. The van der Waals surface area contributed by atoms with Crippen molar-refractivity contribution in [2.45, 2.75) is 26.9 Å². The smallest absolute Gasteiger partial charge is 0.341 e. The predicted octanol–water partition coefficient (Wildman–Crippen LogP) is 2.00. The number of furan rings is 1. The second-order valence-corrected chi connectivity index (χ2v) is 6.14. The zero-order valence-corrected chi connectivity index (χ0v) is 14.4. The first-order chi connectivity index (χ1) is 11.0. The summed E-state index contributed by atoms with van der Waals surface area (Å²) in [4.78, 5) is 21.2. The molecule has 7 nitrogen and oxygen atoms in total. The van der Waals surface area contributed by atoms with Crippen molar-refractivity contribution in [2.75, 3.05) is 14.2 Å². The number of methoxy groups -OCH3 is 1. The van der Waals surface area contributed by atoms with Crippen LogP contribution in [0.3, 0.4) is 0 Å². The van der Waals surface area contributed by atoms with Crippen molar-refractivity contribution in [1.82, 2.24) is 15.6 Å². The Morgan fingerprint density at radius 3 is 2.74 bits per heavy atom. The molecule has 2 aromatic rings. The van der Waals surface area contributed by atoms with Gasteiger partial charge in [0.1, 0.15) is 22.1 Å². The summed E-state index contributed by atoms with van der Waals surface area (Å²) in [5.41, 5.74) is 0.436. The highest BCUT2D eigenvalue weighted by Gasteiger charge is 2.15. The minimum Gasteiger partial charge on any atom is -0.465 e. The zero-order valence-electron chi connectivity index (χ0n) is 13.6. The molecule has 0 spiro atoms. The van der Waals surface area contributed by atoms with Gasteiger partial charge in [0.25, 0.3) is 0 Å². The van der Waals surface area contributed by atoms with Crippen LogP contribution < -0.4 is 10.6 Å². The largest absolute Gasteiger partial charge is 0.465 e. The predicted molar refractivity (Wildman–Crippen MR) is 88.7 cm³/mol. The zero-order chi connectivity index (χ0) is 16.8. The van der Waals surface area contributed by atoms with E-state index in [0.29, 0.717) is 36.1 Å². The van der Waals surface area contributed by atoms with E-state index in [-0.39, 0.29) is 0 Å². The van der Waals surface area contributed by atoms with E-state index >= 15 is 0 Å². The molecule has 2 heterocycles. The van der Waals surface area contributed by atoms with Crippen LogP contribution in [0.4, 0.5) is 0 Å². The van der Waals surface area contributed by atoms with Crippen LogP contribution in [0, 0.1) is 13.8 Å². The van der Waals surface area contributed by atoms with Crippen LogP contribution in [0.2, 0.25) is 0 Å². The lowest BCUT2D eigenvalue weighted by molar-refractivity contribution is 0.0599. The molecule has 0 aliphatic rings. The Morgan fingerprint density at radius 2 is 2.13 bits per heavy atom. The van der Waals surface area contributed by atoms with Crippen LogP contribution in [0.25, 0.3) is 0 Å². The van der Waals surface area contributed by atoms with Crippen molar-refractivity contribution in [3.05, 3.63) is 39.2 Å². The minimum absolute atomic E-state index is 0.404. The number of aromatic nitrogens is 1. The van der Waals surface area contributed by atoms with Gasteiger partial charge < -0.3 is 19.8 Å². The summed E-state index contributed by atoms with van der Waals surface area (Å²) in [6.07, 6.45) is 1.85. The molecule has 8 heteroatoms. The fourth-order valence-electron chi connectivity index (χ4n) is 1.98. The molecule has 0 aliphatic heterocycles. The van der Waals surface area contributed by atoms with E-state index in [9.17, 15) is 4.79 Å². The molecule has 23 heavy (non-hydrogen) atoms. The molecule has 0 radical (unpaired) electrons. The molecule has 0 amide bonds. The third kappa shape index (κ3) is 4.56. The standard InChI is InChI=1S/C15H20N4O3S/c1-9-6-17-13(23-9)8-19-15(16-3)18-7-11-5-12(10(2)22-11)14(20)21-4/h5-6H,7-8H2,1-4H3,(H2,16,18,19). The fraction of sp³-hybridized carbons (Fsp3) is 0.400. The first-order valence-electron chi connectivity index (χ1n) is 7.07. The molecule has 0 bridgehead atoms. The molecule has 0 atom stereocenters. The van der Waals surface area contributed by atoms with Crippen molar-refractivity contribution in [2.24, 2.45) is 4.99 Å². The Bertz CT molecular complexity index is 705. The topological polar surface area (TPSA) is 88.8 Å². The number of carbonyl (C=O) groups is 1. The highest BCUT2D eigenvalue weighted by Crippen LogP contribution is 2.15. The quantitative estimate of drug-likeness (QED) is 0.493. The lowest BCUT2D eigenvalue weighted by atomic mass is 10.2. The maximum absolute atomic E-state index is 11.6. The van der Waals surface area contributed by atoms with E-state index in [1.165, 1.54) is 12.0 Å². The molecule has 0 fully saturated rings. The molecule has 2 aromatic heterocycles. The van der Waals surface area contributed by atoms with E-state index in [2.05, 4.69) is 20.6 Å². The number of ether oxygens (including phenoxy) is 1. The third-order valence-corrected chi connectivity index (χ3v) is 4.02. The Kier molecular flexibility index (Phi) is 5.75. The minimum atomic E-state index is -0.404. The van der Waals surface area contributed by atoms with Crippen molar-refractivity contribution >= 4 is 23.3 Å². The van der Waals surface area contributed by atoms with Gasteiger partial charge in [-0.15, -0.1) is 11.3 Å². The average Bonchev–Trinajstić information content (AvgIpc) is 3.12. The lowest BCUT2D eigenvalue weighted by Crippen LogP contribution is -2.36. The van der Waals surface area contributed by atoms with Crippen LogP contribution in [0.15, 0.2) is 21.7 Å². The summed E-state index contributed by atoms with van der Waals surface area (Å²) in [5.74, 6) is 1.40. The van der Waals surface area contributed by atoms with Crippen LogP contribution >= 0.6 is 11.3 Å². The highest BCUT2D eigenvalue weighted by atomic mass is 32.1. The Morgan fingerprint density at radius 1 is 1.39 bits per heavy atom. The van der Waals surface area contributed by atoms with E-state index in [4.69, 9.17) is 9.15 Å². The summed E-state index contributed by atoms with van der Waals surface area (Å²) >= 11 is 1.64. The monoisotopic (exact) mass is 336 g/mol. The van der Waals surface area contributed by atoms with Crippen molar-refractivity contribution < 1.29 is 13.9 Å². The molecule has 2 N–H and O–H groups in total. The normalized spacial score (nSPS) is 11.4. The van der Waals surface area contributed by atoms with Gasteiger partial charge in [0.15, 0.2) is 5.96 Å². The number of nitrogens with one attached hydrogen (secondary N) is 2. The number of aliphatic imine (C=N–C) groups is 1. The van der Waals surface area contributed by atoms with Gasteiger partial charge in [-0.25, -0.2) is 9.78 Å². The Hall–Kier alpha value is -2.35. The summed E-state index contributed by atoms with van der Waals surface area (Å²) in [6, 6.07) is 1.67. The van der Waals surface area contributed by atoms with Crippen molar-refractivity contribution in [3.63, 3.8) is 0 Å². The van der Waals surface area contributed by atoms with E-state index in [0.717, 1.165) is 5.01 Å². The maximum atomic E-state index is 11.6. The molecule has 0 saturated heterocycles. The second kappa shape index (κ2) is 7.77. The first-order valence-corrected chi connectivity index (χ1v) is 7.88. The van der Waals surface area contributed by atoms with E-state index < -0.39 is 5.97 Å². The molecular weight excluding hydrogens is 316 g/mol. The van der Waals surface area contributed by atoms with Crippen LogP contribution in [0.1, 0.15) is 31.8 Å². The van der Waals surface area contributed by atoms with Crippen molar-refractivity contribution in [1.29, 1.82) is 0 Å². The Balaban J connectivity index is 1.89. The number of guanidine groups is 1. The summed E-state index contributed by atoms with van der Waals surface area (Å²) in [5, 5.41) is 7.30. The Labute approximate surface area is 138 Å². The fourth-order valence-corrected chi connectivity index (χ4v) is 2.70. The molecule has 0 aliphatic carbocycles. The molecule has 2 rings (SSSR count). The summed E-state index contributed by atoms with van der Waals surface area (Å²) in [7, 11) is 3.04. The number of nitrogens with zero attached hydrogens (tertiary/aromatic N) is 2. The number of aryl methyl sites for hydroxylation is 2. The lowest BCUT2D eigenvalue weighted by Gasteiger charge is -2.09. The van der Waals surface area contributed by atoms with E-state index in [1.807, 2.05) is 13.1 Å². The second-order valence-electron chi connectivity index (χ2n) is 4.82. The number of carbonyl (C=O) groups excluding carboxylic acids is 1. The van der Waals surface area contributed by atoms with Gasteiger partial charge in [-0.1, -0.05) is 0 Å². The van der Waals surface area contributed by atoms with Gasteiger partial charge in [0.05, 0.1) is 20.2 Å². The third-order valence-electron chi connectivity index (χ3n) is 3.10. The average molecular weight is 336 g/mol. The highest BCUT2D eigenvalue weighted by molar-refractivity contribution is 7.11. The number of hydrogen-bond acceptors (Lipinski definition) is 6. The maximum Gasteiger partial charge on any atom is 0.341 e. The van der Waals surface area contributed by atoms with Gasteiger partial charge in [-0.2, -0.15) is 0 Å². The summed E-state index contributed by atoms with van der Waals surface area (Å²) < 4.78 is 10.2. The molecule has 0 saturated carbocycles. The molecule has 0 aromatic carbocycles. The van der Waals surface area contributed by atoms with Crippen LogP contribution in [-0.2, 0) is 17.8 Å². The van der Waals surface area contributed by atoms with Crippen molar-refractivity contribution in [3.8, 4) is 0 Å². The van der Waals surface area contributed by atoms with Crippen LogP contribution in [-0.4, -0.2) is 31.1 Å². The van der Waals surface area contributed by atoms with Gasteiger partial charge >= 0.3 is 5.97 Å². The molecule has 124 valence electrons. The number of rotatable bonds is 5. The van der Waals surface area contributed by atoms with Gasteiger partial charge in [0, 0.05) is 18.1 Å². The van der Waals surface area contributed by atoms with Gasteiger partial charge in [-0.3, -0.25) is 4.99 Å². The number of hydrogen-bond donors (Lipinski definition) is 2. The van der Waals surface area contributed by atoms with E-state index in [1.54, 1.807) is 31.4 Å². The molecule has 0 unspecified atom stereocenters.